The highest BCUT2D eigenvalue weighted by Gasteiger charge is 2.10. The number of halogens is 1. The molecule has 0 atom stereocenters. The molecule has 1 aromatic heterocycles. The van der Waals surface area contributed by atoms with Crippen LogP contribution in [0.5, 0.6) is 0 Å². The number of aromatic nitrogens is 3. The summed E-state index contributed by atoms with van der Waals surface area (Å²) in [7, 11) is 0. The predicted octanol–water partition coefficient (Wildman–Crippen LogP) is 1.40. The number of carbonyl (C=O) groups excluding carboxylic acids is 1. The van der Waals surface area contributed by atoms with E-state index >= 15 is 0 Å². The molecule has 1 heterocycles. The zero-order chi connectivity index (χ0) is 11.5. The number of benzene rings is 1. The van der Waals surface area contributed by atoms with Crippen molar-refractivity contribution in [3.05, 3.63) is 34.6 Å². The van der Waals surface area contributed by atoms with E-state index in [9.17, 15) is 4.79 Å². The van der Waals surface area contributed by atoms with Crippen molar-refractivity contribution in [2.45, 2.75) is 0 Å². The van der Waals surface area contributed by atoms with Gasteiger partial charge >= 0.3 is 0 Å². The molecular formula is C9H8BrN5O. The fourth-order valence-corrected chi connectivity index (χ4v) is 1.53. The SMILES string of the molecule is Nc1n[nH]c(C(=O)Nc2cccc(Br)c2)n1. The molecule has 0 unspecified atom stereocenters. The summed E-state index contributed by atoms with van der Waals surface area (Å²) in [4.78, 5) is 15.3. The van der Waals surface area contributed by atoms with Crippen molar-refractivity contribution in [2.24, 2.45) is 0 Å². The zero-order valence-corrected chi connectivity index (χ0v) is 9.65. The summed E-state index contributed by atoms with van der Waals surface area (Å²) < 4.78 is 0.877. The summed E-state index contributed by atoms with van der Waals surface area (Å²) in [5.41, 5.74) is 5.95. The topological polar surface area (TPSA) is 96.7 Å². The molecule has 0 spiro atoms. The van der Waals surface area contributed by atoms with Crippen molar-refractivity contribution in [1.82, 2.24) is 15.2 Å². The van der Waals surface area contributed by atoms with Gasteiger partial charge in [-0.3, -0.25) is 9.89 Å². The van der Waals surface area contributed by atoms with Gasteiger partial charge in [-0.25, -0.2) is 0 Å². The van der Waals surface area contributed by atoms with Gasteiger partial charge in [-0.15, -0.1) is 5.10 Å². The number of hydrogen-bond acceptors (Lipinski definition) is 4. The number of carbonyl (C=O) groups is 1. The molecule has 0 aliphatic heterocycles. The van der Waals surface area contributed by atoms with Crippen LogP contribution < -0.4 is 11.1 Å². The lowest BCUT2D eigenvalue weighted by molar-refractivity contribution is 0.101. The molecule has 1 amide bonds. The molecule has 7 heteroatoms. The van der Waals surface area contributed by atoms with Crippen LogP contribution in [0, 0.1) is 0 Å². The summed E-state index contributed by atoms with van der Waals surface area (Å²) in [5, 5.41) is 8.65. The lowest BCUT2D eigenvalue weighted by Crippen LogP contribution is -2.13. The number of nitrogens with two attached hydrogens (primary N) is 1. The standard InChI is InChI=1S/C9H8BrN5O/c10-5-2-1-3-6(4-5)12-8(16)7-13-9(11)15-14-7/h1-4H,(H,12,16)(H3,11,13,14,15). The Morgan fingerprint density at radius 3 is 2.94 bits per heavy atom. The molecule has 0 fully saturated rings. The van der Waals surface area contributed by atoms with Gasteiger partial charge in [-0.2, -0.15) is 4.98 Å². The van der Waals surface area contributed by atoms with Gasteiger partial charge < -0.3 is 11.1 Å². The van der Waals surface area contributed by atoms with Gasteiger partial charge in [0.15, 0.2) is 0 Å². The van der Waals surface area contributed by atoms with E-state index in [2.05, 4.69) is 36.4 Å². The predicted molar refractivity (Wildman–Crippen MR) is 62.9 cm³/mol. The van der Waals surface area contributed by atoms with E-state index in [0.717, 1.165) is 4.47 Å². The van der Waals surface area contributed by atoms with Gasteiger partial charge in [-0.1, -0.05) is 22.0 Å². The Bertz CT molecular complexity index is 524. The smallest absolute Gasteiger partial charge is 0.293 e. The van der Waals surface area contributed by atoms with Crippen LogP contribution >= 0.6 is 15.9 Å². The van der Waals surface area contributed by atoms with Crippen molar-refractivity contribution >= 4 is 33.5 Å². The summed E-state index contributed by atoms with van der Waals surface area (Å²) >= 11 is 3.31. The van der Waals surface area contributed by atoms with E-state index in [-0.39, 0.29) is 17.7 Å². The fourth-order valence-electron chi connectivity index (χ4n) is 1.13. The van der Waals surface area contributed by atoms with Crippen molar-refractivity contribution in [3.63, 3.8) is 0 Å². The Morgan fingerprint density at radius 2 is 2.31 bits per heavy atom. The largest absolute Gasteiger partial charge is 0.366 e. The lowest BCUT2D eigenvalue weighted by atomic mass is 10.3. The lowest BCUT2D eigenvalue weighted by Gasteiger charge is -2.02. The Kier molecular flexibility index (Phi) is 2.86. The third-order valence-electron chi connectivity index (χ3n) is 1.80. The summed E-state index contributed by atoms with van der Waals surface area (Å²) in [6.07, 6.45) is 0. The molecule has 0 aliphatic carbocycles. The molecule has 2 rings (SSSR count). The highest BCUT2D eigenvalue weighted by atomic mass is 79.9. The molecule has 0 bridgehead atoms. The monoisotopic (exact) mass is 281 g/mol. The number of amides is 1. The number of nitrogen functional groups attached to an aromatic ring is 1. The second-order valence-electron chi connectivity index (χ2n) is 3.01. The Hall–Kier alpha value is -1.89. The zero-order valence-electron chi connectivity index (χ0n) is 8.07. The summed E-state index contributed by atoms with van der Waals surface area (Å²) in [6, 6.07) is 7.22. The molecule has 0 saturated heterocycles. The number of nitrogens with one attached hydrogen (secondary N) is 2. The quantitative estimate of drug-likeness (QED) is 0.775. The van der Waals surface area contributed by atoms with Gasteiger partial charge in [0.05, 0.1) is 0 Å². The van der Waals surface area contributed by atoms with Crippen LogP contribution in [0.2, 0.25) is 0 Å². The van der Waals surface area contributed by atoms with E-state index in [1.165, 1.54) is 0 Å². The van der Waals surface area contributed by atoms with Crippen LogP contribution in [0.25, 0.3) is 0 Å². The first-order chi connectivity index (χ1) is 7.65. The molecule has 82 valence electrons. The van der Waals surface area contributed by atoms with Crippen LogP contribution in [-0.2, 0) is 0 Å². The average molecular weight is 282 g/mol. The second kappa shape index (κ2) is 4.31. The number of aromatic amines is 1. The highest BCUT2D eigenvalue weighted by Crippen LogP contribution is 2.15. The maximum atomic E-state index is 11.6. The van der Waals surface area contributed by atoms with Crippen LogP contribution in [0.3, 0.4) is 0 Å². The maximum Gasteiger partial charge on any atom is 0.293 e. The number of hydrogen-bond donors (Lipinski definition) is 3. The average Bonchev–Trinajstić information content (AvgIpc) is 2.65. The Balaban J connectivity index is 2.13. The Labute approximate surface area is 99.4 Å². The van der Waals surface area contributed by atoms with Gasteiger partial charge in [0.1, 0.15) is 0 Å². The minimum atomic E-state index is -0.387. The molecule has 4 N–H and O–H groups in total. The van der Waals surface area contributed by atoms with Crippen LogP contribution in [0.1, 0.15) is 10.6 Å². The van der Waals surface area contributed by atoms with E-state index in [0.29, 0.717) is 5.69 Å². The fraction of sp³-hybridized carbons (Fsp3) is 0. The minimum Gasteiger partial charge on any atom is -0.366 e. The van der Waals surface area contributed by atoms with E-state index in [1.54, 1.807) is 12.1 Å². The van der Waals surface area contributed by atoms with Crippen molar-refractivity contribution in [3.8, 4) is 0 Å². The first-order valence-electron chi connectivity index (χ1n) is 4.40. The van der Waals surface area contributed by atoms with Crippen LogP contribution in [0.15, 0.2) is 28.7 Å². The van der Waals surface area contributed by atoms with Crippen molar-refractivity contribution < 1.29 is 4.79 Å². The molecule has 0 aliphatic rings. The molecule has 0 radical (unpaired) electrons. The first kappa shape index (κ1) is 10.6. The molecular weight excluding hydrogens is 274 g/mol. The molecule has 1 aromatic carbocycles. The summed E-state index contributed by atoms with van der Waals surface area (Å²) in [5.74, 6) is -0.265. The molecule has 16 heavy (non-hydrogen) atoms. The highest BCUT2D eigenvalue weighted by molar-refractivity contribution is 9.10. The van der Waals surface area contributed by atoms with Gasteiger partial charge in [-0.05, 0) is 18.2 Å². The van der Waals surface area contributed by atoms with Crippen molar-refractivity contribution in [2.75, 3.05) is 11.1 Å². The molecule has 2 aromatic rings. The minimum absolute atomic E-state index is 0.0411. The third kappa shape index (κ3) is 2.37. The van der Waals surface area contributed by atoms with Gasteiger partial charge in [0, 0.05) is 10.2 Å². The number of rotatable bonds is 2. The Morgan fingerprint density at radius 1 is 1.50 bits per heavy atom. The van der Waals surface area contributed by atoms with Crippen LogP contribution in [0.4, 0.5) is 11.6 Å². The number of anilines is 2. The van der Waals surface area contributed by atoms with Crippen molar-refractivity contribution in [1.29, 1.82) is 0 Å². The normalized spacial score (nSPS) is 10.1. The first-order valence-corrected chi connectivity index (χ1v) is 5.19. The van der Waals surface area contributed by atoms with E-state index < -0.39 is 0 Å². The second-order valence-corrected chi connectivity index (χ2v) is 3.92. The molecule has 6 nitrogen and oxygen atoms in total. The maximum absolute atomic E-state index is 11.6. The number of nitrogens with zero attached hydrogens (tertiary/aromatic N) is 2. The third-order valence-corrected chi connectivity index (χ3v) is 2.29. The van der Waals surface area contributed by atoms with Gasteiger partial charge in [0.2, 0.25) is 11.8 Å². The summed E-state index contributed by atoms with van der Waals surface area (Å²) in [6.45, 7) is 0. The number of H-pyrrole nitrogens is 1. The van der Waals surface area contributed by atoms with E-state index in [4.69, 9.17) is 5.73 Å². The molecule has 0 saturated carbocycles. The van der Waals surface area contributed by atoms with Crippen LogP contribution in [-0.4, -0.2) is 21.1 Å². The van der Waals surface area contributed by atoms with E-state index in [1.807, 2.05) is 12.1 Å². The van der Waals surface area contributed by atoms with Gasteiger partial charge in [0.25, 0.3) is 5.91 Å².